The number of carbonyl (C=O) groups is 1. The number of sulfonamides is 1. The lowest BCUT2D eigenvalue weighted by Gasteiger charge is -2.19. The fourth-order valence-corrected chi connectivity index (χ4v) is 4.44. The van der Waals surface area contributed by atoms with Crippen molar-refractivity contribution >= 4 is 27.3 Å². The molecule has 3 aromatic carbocycles. The molecule has 1 N–H and O–H groups in total. The van der Waals surface area contributed by atoms with E-state index in [1.807, 2.05) is 36.5 Å². The zero-order valence-corrected chi connectivity index (χ0v) is 18.2. The van der Waals surface area contributed by atoms with E-state index in [4.69, 9.17) is 0 Å². The Balaban J connectivity index is 1.47. The highest BCUT2D eigenvalue weighted by Crippen LogP contribution is 2.22. The van der Waals surface area contributed by atoms with E-state index in [1.165, 1.54) is 35.6 Å². The smallest absolute Gasteiger partial charge is 0.264 e. The van der Waals surface area contributed by atoms with E-state index < -0.39 is 10.0 Å². The summed E-state index contributed by atoms with van der Waals surface area (Å²) in [7, 11) is -2.23. The number of hydrogen-bond acceptors (Lipinski definition) is 4. The number of rotatable bonds is 7. The molecule has 0 radical (unpaired) electrons. The number of benzene rings is 3. The number of anilines is 2. The monoisotopic (exact) mass is 446 g/mol. The summed E-state index contributed by atoms with van der Waals surface area (Å²) in [5, 5.41) is 7.04. The van der Waals surface area contributed by atoms with Crippen LogP contribution in [0.15, 0.2) is 102 Å². The molecule has 0 aliphatic heterocycles. The minimum atomic E-state index is -3.73. The van der Waals surface area contributed by atoms with E-state index in [0.717, 1.165) is 5.56 Å². The van der Waals surface area contributed by atoms with Gasteiger partial charge in [-0.15, -0.1) is 0 Å². The van der Waals surface area contributed by atoms with Crippen LogP contribution in [-0.2, 0) is 16.6 Å². The molecule has 7 nitrogen and oxygen atoms in total. The van der Waals surface area contributed by atoms with E-state index >= 15 is 0 Å². The van der Waals surface area contributed by atoms with Gasteiger partial charge in [0.15, 0.2) is 0 Å². The van der Waals surface area contributed by atoms with Gasteiger partial charge in [0, 0.05) is 30.7 Å². The topological polar surface area (TPSA) is 84.3 Å². The number of amides is 1. The lowest BCUT2D eigenvalue weighted by Crippen LogP contribution is -2.26. The van der Waals surface area contributed by atoms with E-state index in [-0.39, 0.29) is 10.8 Å². The van der Waals surface area contributed by atoms with E-state index in [0.29, 0.717) is 23.5 Å². The normalized spacial score (nSPS) is 11.2. The first-order chi connectivity index (χ1) is 15.4. The zero-order valence-electron chi connectivity index (χ0n) is 17.4. The second-order valence-electron chi connectivity index (χ2n) is 7.19. The van der Waals surface area contributed by atoms with Crippen LogP contribution in [0, 0.1) is 0 Å². The molecule has 0 aliphatic rings. The fraction of sp³-hybridized carbons (Fsp3) is 0.0833. The minimum absolute atomic E-state index is 0.113. The Morgan fingerprint density at radius 3 is 2.41 bits per heavy atom. The minimum Gasteiger partial charge on any atom is -0.322 e. The van der Waals surface area contributed by atoms with Gasteiger partial charge < -0.3 is 5.32 Å². The lowest BCUT2D eigenvalue weighted by atomic mass is 10.1. The van der Waals surface area contributed by atoms with Gasteiger partial charge in [-0.3, -0.25) is 13.8 Å². The molecule has 162 valence electrons. The van der Waals surface area contributed by atoms with Gasteiger partial charge >= 0.3 is 0 Å². The van der Waals surface area contributed by atoms with Gasteiger partial charge in [0.2, 0.25) is 0 Å². The van der Waals surface area contributed by atoms with Crippen molar-refractivity contribution in [2.45, 2.75) is 11.4 Å². The summed E-state index contributed by atoms with van der Waals surface area (Å²) >= 11 is 0. The summed E-state index contributed by atoms with van der Waals surface area (Å²) in [6, 6.07) is 24.1. The maximum Gasteiger partial charge on any atom is 0.264 e. The highest BCUT2D eigenvalue weighted by Gasteiger charge is 2.21. The molecule has 1 aromatic heterocycles. The zero-order chi connectivity index (χ0) is 22.6. The van der Waals surface area contributed by atoms with Crippen LogP contribution < -0.4 is 9.62 Å². The van der Waals surface area contributed by atoms with Crippen LogP contribution in [0.25, 0.3) is 0 Å². The number of nitrogens with one attached hydrogen (secondary N) is 1. The molecule has 0 spiro atoms. The van der Waals surface area contributed by atoms with Crippen molar-refractivity contribution in [2.75, 3.05) is 16.7 Å². The first-order valence-corrected chi connectivity index (χ1v) is 11.4. The van der Waals surface area contributed by atoms with Crippen LogP contribution in [0.3, 0.4) is 0 Å². The molecule has 4 aromatic rings. The Bertz CT molecular complexity index is 1300. The van der Waals surface area contributed by atoms with Crippen molar-refractivity contribution < 1.29 is 13.2 Å². The van der Waals surface area contributed by atoms with E-state index in [1.54, 1.807) is 41.2 Å². The second-order valence-corrected chi connectivity index (χ2v) is 9.16. The molecule has 0 aliphatic carbocycles. The van der Waals surface area contributed by atoms with Crippen LogP contribution in [0.5, 0.6) is 0 Å². The van der Waals surface area contributed by atoms with Crippen LogP contribution in [0.1, 0.15) is 15.9 Å². The Kier molecular flexibility index (Phi) is 6.04. The third-order valence-corrected chi connectivity index (χ3v) is 6.78. The molecular formula is C24H22N4O3S. The SMILES string of the molecule is CN(c1ccccc1)S(=O)(=O)c1ccc(C(=O)Nc2cccc(Cn3cccn3)c2)cc1. The van der Waals surface area contributed by atoms with Crippen molar-refractivity contribution in [3.8, 4) is 0 Å². The molecule has 0 unspecified atom stereocenters. The number of aromatic nitrogens is 2. The number of para-hydroxylation sites is 1. The van der Waals surface area contributed by atoms with Crippen molar-refractivity contribution in [3.05, 3.63) is 108 Å². The predicted molar refractivity (Wildman–Crippen MR) is 124 cm³/mol. The van der Waals surface area contributed by atoms with Gasteiger partial charge in [-0.1, -0.05) is 30.3 Å². The number of carbonyl (C=O) groups excluding carboxylic acids is 1. The molecule has 0 atom stereocenters. The first kappa shape index (κ1) is 21.3. The molecular weight excluding hydrogens is 424 g/mol. The largest absolute Gasteiger partial charge is 0.322 e. The van der Waals surface area contributed by atoms with Crippen LogP contribution in [0.4, 0.5) is 11.4 Å². The molecule has 8 heteroatoms. The summed E-state index contributed by atoms with van der Waals surface area (Å²) in [6.07, 6.45) is 3.59. The third kappa shape index (κ3) is 4.70. The molecule has 32 heavy (non-hydrogen) atoms. The fourth-order valence-electron chi connectivity index (χ4n) is 3.24. The van der Waals surface area contributed by atoms with Gasteiger partial charge in [0.25, 0.3) is 15.9 Å². The maximum atomic E-state index is 12.9. The second kappa shape index (κ2) is 9.07. The molecule has 0 fully saturated rings. The summed E-state index contributed by atoms with van der Waals surface area (Å²) < 4.78 is 28.8. The maximum absolute atomic E-state index is 12.9. The highest BCUT2D eigenvalue weighted by molar-refractivity contribution is 7.92. The molecule has 0 saturated carbocycles. The molecule has 0 saturated heterocycles. The average molecular weight is 447 g/mol. The highest BCUT2D eigenvalue weighted by atomic mass is 32.2. The molecule has 4 rings (SSSR count). The van der Waals surface area contributed by atoms with E-state index in [9.17, 15) is 13.2 Å². The van der Waals surface area contributed by atoms with Crippen LogP contribution in [-0.4, -0.2) is 31.2 Å². The summed E-state index contributed by atoms with van der Waals surface area (Å²) in [6.45, 7) is 0.595. The van der Waals surface area contributed by atoms with Gasteiger partial charge in [-0.05, 0) is 60.2 Å². The Hall–Kier alpha value is -3.91. The Labute approximate surface area is 187 Å². The predicted octanol–water partition coefficient (Wildman–Crippen LogP) is 4.01. The lowest BCUT2D eigenvalue weighted by molar-refractivity contribution is 0.102. The van der Waals surface area contributed by atoms with Gasteiger partial charge in [0.05, 0.1) is 17.1 Å². The molecule has 1 amide bonds. The van der Waals surface area contributed by atoms with Crippen molar-refractivity contribution in [3.63, 3.8) is 0 Å². The van der Waals surface area contributed by atoms with Crippen molar-refractivity contribution in [2.24, 2.45) is 0 Å². The van der Waals surface area contributed by atoms with Gasteiger partial charge in [-0.25, -0.2) is 8.42 Å². The molecule has 0 bridgehead atoms. The quantitative estimate of drug-likeness (QED) is 0.465. The Morgan fingerprint density at radius 2 is 1.72 bits per heavy atom. The van der Waals surface area contributed by atoms with Crippen LogP contribution in [0.2, 0.25) is 0 Å². The average Bonchev–Trinajstić information content (AvgIpc) is 3.32. The first-order valence-electron chi connectivity index (χ1n) is 9.95. The van der Waals surface area contributed by atoms with E-state index in [2.05, 4.69) is 10.4 Å². The summed E-state index contributed by atoms with van der Waals surface area (Å²) in [5.74, 6) is -0.318. The van der Waals surface area contributed by atoms with Crippen molar-refractivity contribution in [1.29, 1.82) is 0 Å². The summed E-state index contributed by atoms with van der Waals surface area (Å²) in [5.41, 5.74) is 2.57. The number of hydrogen-bond donors (Lipinski definition) is 1. The Morgan fingerprint density at radius 1 is 0.969 bits per heavy atom. The summed E-state index contributed by atoms with van der Waals surface area (Å²) in [4.78, 5) is 12.8. The van der Waals surface area contributed by atoms with Crippen LogP contribution >= 0.6 is 0 Å². The van der Waals surface area contributed by atoms with Gasteiger partial charge in [0.1, 0.15) is 0 Å². The van der Waals surface area contributed by atoms with Gasteiger partial charge in [-0.2, -0.15) is 5.10 Å². The standard InChI is InChI=1S/C24H22N4O3S/c1-27(22-9-3-2-4-10-22)32(30,31)23-13-11-20(12-14-23)24(29)26-21-8-5-7-19(17-21)18-28-16-6-15-25-28/h2-17H,18H2,1H3,(H,26,29). The number of nitrogens with zero attached hydrogens (tertiary/aromatic N) is 3. The molecule has 1 heterocycles. The third-order valence-electron chi connectivity index (χ3n) is 4.98. The van der Waals surface area contributed by atoms with Crippen molar-refractivity contribution in [1.82, 2.24) is 9.78 Å².